The molecule has 0 spiro atoms. The molecule has 1 aromatic rings. The van der Waals surface area contributed by atoms with Gasteiger partial charge in [0, 0.05) is 24.6 Å². The molecule has 2 heteroatoms. The molecular formula is C11H19NO. The van der Waals surface area contributed by atoms with Gasteiger partial charge in [-0.15, -0.1) is 0 Å². The fourth-order valence-corrected chi connectivity index (χ4v) is 1.26. The van der Waals surface area contributed by atoms with E-state index >= 15 is 0 Å². The average Bonchev–Trinajstić information content (AvgIpc) is 2.61. The predicted octanol–water partition coefficient (Wildman–Crippen LogP) is 2.73. The molecule has 0 saturated heterocycles. The normalized spacial score (nSPS) is 13.2. The van der Waals surface area contributed by atoms with Gasteiger partial charge >= 0.3 is 0 Å². The average molecular weight is 181 g/mol. The summed E-state index contributed by atoms with van der Waals surface area (Å²) in [6.45, 7) is 7.43. The summed E-state index contributed by atoms with van der Waals surface area (Å²) in [5, 5.41) is 3.45. The van der Waals surface area contributed by atoms with Gasteiger partial charge < -0.3 is 9.73 Å². The van der Waals surface area contributed by atoms with Crippen LogP contribution in [0.5, 0.6) is 0 Å². The second kappa shape index (κ2) is 5.07. The number of aryl methyl sites for hydroxylation is 1. The molecule has 2 nitrogen and oxygen atoms in total. The number of hydrogen-bond acceptors (Lipinski definition) is 2. The Balaban J connectivity index is 2.44. The van der Waals surface area contributed by atoms with Crippen molar-refractivity contribution in [3.05, 3.63) is 23.7 Å². The number of nitrogens with one attached hydrogen (secondary N) is 1. The third-order valence-corrected chi connectivity index (χ3v) is 2.41. The van der Waals surface area contributed by atoms with Gasteiger partial charge in [-0.1, -0.05) is 13.8 Å². The lowest BCUT2D eigenvalue weighted by atomic mass is 10.2. The Morgan fingerprint density at radius 1 is 1.46 bits per heavy atom. The van der Waals surface area contributed by atoms with Crippen molar-refractivity contribution in [3.8, 4) is 0 Å². The SMILES string of the molecule is CCc1occc1CNC(C)CC. The van der Waals surface area contributed by atoms with Crippen LogP contribution in [0.25, 0.3) is 0 Å². The van der Waals surface area contributed by atoms with E-state index in [1.807, 2.05) is 6.07 Å². The second-order valence-corrected chi connectivity index (χ2v) is 3.41. The Bertz CT molecular complexity index is 242. The van der Waals surface area contributed by atoms with Crippen LogP contribution in [0.1, 0.15) is 38.5 Å². The molecule has 0 aromatic carbocycles. The summed E-state index contributed by atoms with van der Waals surface area (Å²) in [7, 11) is 0. The van der Waals surface area contributed by atoms with E-state index in [0.29, 0.717) is 6.04 Å². The smallest absolute Gasteiger partial charge is 0.107 e. The highest BCUT2D eigenvalue weighted by Gasteiger charge is 2.04. The van der Waals surface area contributed by atoms with E-state index in [2.05, 4.69) is 26.1 Å². The summed E-state index contributed by atoms with van der Waals surface area (Å²) in [5.41, 5.74) is 1.29. The van der Waals surface area contributed by atoms with Crippen LogP contribution in [0.2, 0.25) is 0 Å². The molecule has 0 fully saturated rings. The molecule has 0 bridgehead atoms. The number of hydrogen-bond donors (Lipinski definition) is 1. The molecular weight excluding hydrogens is 162 g/mol. The number of rotatable bonds is 5. The molecule has 1 rings (SSSR count). The lowest BCUT2D eigenvalue weighted by Crippen LogP contribution is -2.24. The summed E-state index contributed by atoms with van der Waals surface area (Å²) in [5.74, 6) is 1.11. The lowest BCUT2D eigenvalue weighted by Gasteiger charge is -2.10. The fourth-order valence-electron chi connectivity index (χ4n) is 1.26. The molecule has 0 aliphatic rings. The second-order valence-electron chi connectivity index (χ2n) is 3.41. The Labute approximate surface area is 80.3 Å². The van der Waals surface area contributed by atoms with Crippen LogP contribution < -0.4 is 5.32 Å². The molecule has 1 atom stereocenters. The first-order valence-electron chi connectivity index (χ1n) is 5.06. The van der Waals surface area contributed by atoms with E-state index in [1.165, 1.54) is 12.0 Å². The molecule has 1 heterocycles. The van der Waals surface area contributed by atoms with E-state index in [0.717, 1.165) is 18.7 Å². The molecule has 0 aliphatic heterocycles. The van der Waals surface area contributed by atoms with Gasteiger partial charge in [-0.05, 0) is 19.4 Å². The monoisotopic (exact) mass is 181 g/mol. The molecule has 1 aromatic heterocycles. The highest BCUT2D eigenvalue weighted by molar-refractivity contribution is 5.16. The quantitative estimate of drug-likeness (QED) is 0.755. The summed E-state index contributed by atoms with van der Waals surface area (Å²) < 4.78 is 5.34. The maximum Gasteiger partial charge on any atom is 0.107 e. The van der Waals surface area contributed by atoms with Gasteiger partial charge in [-0.25, -0.2) is 0 Å². The van der Waals surface area contributed by atoms with E-state index in [9.17, 15) is 0 Å². The van der Waals surface area contributed by atoms with Crippen LogP contribution >= 0.6 is 0 Å². The zero-order valence-corrected chi connectivity index (χ0v) is 8.76. The van der Waals surface area contributed by atoms with Crippen LogP contribution in [-0.4, -0.2) is 6.04 Å². The van der Waals surface area contributed by atoms with Crippen molar-refractivity contribution in [1.82, 2.24) is 5.32 Å². The van der Waals surface area contributed by atoms with Crippen molar-refractivity contribution >= 4 is 0 Å². The molecule has 0 radical (unpaired) electrons. The van der Waals surface area contributed by atoms with E-state index in [1.54, 1.807) is 6.26 Å². The maximum absolute atomic E-state index is 5.34. The Morgan fingerprint density at radius 2 is 2.23 bits per heavy atom. The molecule has 1 N–H and O–H groups in total. The predicted molar refractivity (Wildman–Crippen MR) is 54.7 cm³/mol. The molecule has 0 saturated carbocycles. The fraction of sp³-hybridized carbons (Fsp3) is 0.636. The van der Waals surface area contributed by atoms with Crippen molar-refractivity contribution in [2.45, 2.75) is 46.2 Å². The van der Waals surface area contributed by atoms with Gasteiger partial charge in [0.05, 0.1) is 6.26 Å². The van der Waals surface area contributed by atoms with Gasteiger partial charge in [-0.3, -0.25) is 0 Å². The minimum Gasteiger partial charge on any atom is -0.469 e. The van der Waals surface area contributed by atoms with Gasteiger partial charge in [0.1, 0.15) is 5.76 Å². The maximum atomic E-state index is 5.34. The van der Waals surface area contributed by atoms with E-state index in [-0.39, 0.29) is 0 Å². The Kier molecular flexibility index (Phi) is 4.03. The molecule has 13 heavy (non-hydrogen) atoms. The van der Waals surface area contributed by atoms with Crippen molar-refractivity contribution in [1.29, 1.82) is 0 Å². The highest BCUT2D eigenvalue weighted by Crippen LogP contribution is 2.10. The van der Waals surface area contributed by atoms with Gasteiger partial charge in [0.2, 0.25) is 0 Å². The van der Waals surface area contributed by atoms with Crippen molar-refractivity contribution in [2.24, 2.45) is 0 Å². The van der Waals surface area contributed by atoms with Gasteiger partial charge in [-0.2, -0.15) is 0 Å². The van der Waals surface area contributed by atoms with Crippen LogP contribution in [-0.2, 0) is 13.0 Å². The number of furan rings is 1. The first-order chi connectivity index (χ1) is 6.27. The Morgan fingerprint density at radius 3 is 2.85 bits per heavy atom. The lowest BCUT2D eigenvalue weighted by molar-refractivity contribution is 0.496. The standard InChI is InChI=1S/C11H19NO/c1-4-9(3)12-8-10-6-7-13-11(10)5-2/h6-7,9,12H,4-5,8H2,1-3H3. The van der Waals surface area contributed by atoms with Crippen LogP contribution in [0.3, 0.4) is 0 Å². The molecule has 1 unspecified atom stereocenters. The summed E-state index contributed by atoms with van der Waals surface area (Å²) in [6, 6.07) is 2.63. The topological polar surface area (TPSA) is 25.2 Å². The Hall–Kier alpha value is -0.760. The van der Waals surface area contributed by atoms with Crippen LogP contribution in [0.15, 0.2) is 16.7 Å². The van der Waals surface area contributed by atoms with Crippen LogP contribution in [0, 0.1) is 0 Å². The third kappa shape index (κ3) is 2.88. The van der Waals surface area contributed by atoms with Crippen molar-refractivity contribution < 1.29 is 4.42 Å². The minimum absolute atomic E-state index is 0.583. The molecule has 0 amide bonds. The van der Waals surface area contributed by atoms with Crippen molar-refractivity contribution in [2.75, 3.05) is 0 Å². The van der Waals surface area contributed by atoms with E-state index < -0.39 is 0 Å². The third-order valence-electron chi connectivity index (χ3n) is 2.41. The van der Waals surface area contributed by atoms with E-state index in [4.69, 9.17) is 4.42 Å². The molecule has 0 aliphatic carbocycles. The van der Waals surface area contributed by atoms with Gasteiger partial charge in [0.25, 0.3) is 0 Å². The highest BCUT2D eigenvalue weighted by atomic mass is 16.3. The zero-order chi connectivity index (χ0) is 9.68. The first kappa shape index (κ1) is 10.3. The summed E-state index contributed by atoms with van der Waals surface area (Å²) >= 11 is 0. The summed E-state index contributed by atoms with van der Waals surface area (Å²) in [4.78, 5) is 0. The minimum atomic E-state index is 0.583. The van der Waals surface area contributed by atoms with Crippen molar-refractivity contribution in [3.63, 3.8) is 0 Å². The van der Waals surface area contributed by atoms with Crippen LogP contribution in [0.4, 0.5) is 0 Å². The van der Waals surface area contributed by atoms with Gasteiger partial charge in [0.15, 0.2) is 0 Å². The molecule has 74 valence electrons. The first-order valence-corrected chi connectivity index (χ1v) is 5.06. The summed E-state index contributed by atoms with van der Waals surface area (Å²) in [6.07, 6.45) is 3.91. The largest absolute Gasteiger partial charge is 0.469 e. The zero-order valence-electron chi connectivity index (χ0n) is 8.76.